The van der Waals surface area contributed by atoms with Crippen molar-refractivity contribution in [1.29, 1.82) is 0 Å². The van der Waals surface area contributed by atoms with E-state index in [-0.39, 0.29) is 23.5 Å². The molecule has 1 N–H and O–H groups in total. The van der Waals surface area contributed by atoms with Crippen LogP contribution in [0.25, 0.3) is 16.9 Å². The first-order valence-corrected chi connectivity index (χ1v) is 9.93. The van der Waals surface area contributed by atoms with Gasteiger partial charge >= 0.3 is 0 Å². The molecule has 1 heterocycles. The van der Waals surface area contributed by atoms with Gasteiger partial charge < -0.3 is 5.32 Å². The second kappa shape index (κ2) is 8.44. The van der Waals surface area contributed by atoms with Gasteiger partial charge in [-0.1, -0.05) is 19.3 Å². The van der Waals surface area contributed by atoms with Crippen LogP contribution in [-0.2, 0) is 0 Å². The lowest BCUT2D eigenvalue weighted by Gasteiger charge is -2.22. The number of non-ortho nitro benzene ring substituents is 1. The third-order valence-corrected chi connectivity index (χ3v) is 5.33. The Hall–Kier alpha value is -3.55. The molecule has 0 unspecified atom stereocenters. The van der Waals surface area contributed by atoms with Crippen molar-refractivity contribution in [2.24, 2.45) is 0 Å². The molecular weight excluding hydrogens is 387 g/mol. The molecule has 4 rings (SSSR count). The summed E-state index contributed by atoms with van der Waals surface area (Å²) in [6.07, 6.45) is 5.26. The summed E-state index contributed by atoms with van der Waals surface area (Å²) in [5, 5.41) is 18.6. The zero-order valence-electron chi connectivity index (χ0n) is 16.3. The van der Waals surface area contributed by atoms with E-state index in [9.17, 15) is 19.3 Å². The highest BCUT2D eigenvalue weighted by atomic mass is 19.1. The van der Waals surface area contributed by atoms with Crippen LogP contribution < -0.4 is 5.32 Å². The Bertz CT molecular complexity index is 1050. The molecule has 1 aliphatic carbocycles. The summed E-state index contributed by atoms with van der Waals surface area (Å²) in [7, 11) is 0. The molecule has 1 amide bonds. The molecule has 0 radical (unpaired) electrons. The lowest BCUT2D eigenvalue weighted by Crippen LogP contribution is -2.37. The largest absolute Gasteiger partial charge is 0.348 e. The lowest BCUT2D eigenvalue weighted by molar-refractivity contribution is -0.384. The highest BCUT2D eigenvalue weighted by molar-refractivity contribution is 5.94. The van der Waals surface area contributed by atoms with Gasteiger partial charge in [-0.25, -0.2) is 9.07 Å². The van der Waals surface area contributed by atoms with Crippen molar-refractivity contribution in [3.05, 3.63) is 76.2 Å². The quantitative estimate of drug-likeness (QED) is 0.492. The number of carbonyl (C=O) groups excluding carboxylic acids is 1. The maximum atomic E-state index is 13.3. The smallest absolute Gasteiger partial charge is 0.270 e. The third kappa shape index (κ3) is 4.22. The molecule has 8 heteroatoms. The van der Waals surface area contributed by atoms with Crippen molar-refractivity contribution in [3.63, 3.8) is 0 Å². The van der Waals surface area contributed by atoms with E-state index >= 15 is 0 Å². The summed E-state index contributed by atoms with van der Waals surface area (Å²) in [6.45, 7) is 0. The van der Waals surface area contributed by atoms with Gasteiger partial charge in [0.1, 0.15) is 11.5 Å². The first-order valence-electron chi connectivity index (χ1n) is 9.93. The molecule has 30 heavy (non-hydrogen) atoms. The Kier molecular flexibility index (Phi) is 5.56. The minimum absolute atomic E-state index is 0.0436. The predicted octanol–water partition coefficient (Wildman–Crippen LogP) is 4.65. The number of nitro benzene ring substituents is 1. The van der Waals surface area contributed by atoms with Crippen LogP contribution in [0.2, 0.25) is 0 Å². The molecular formula is C22H21FN4O3. The number of nitrogens with zero attached hydrogens (tertiary/aromatic N) is 3. The van der Waals surface area contributed by atoms with Gasteiger partial charge in [0.05, 0.1) is 16.3 Å². The second-order valence-corrected chi connectivity index (χ2v) is 7.42. The van der Waals surface area contributed by atoms with Gasteiger partial charge in [-0.15, -0.1) is 0 Å². The lowest BCUT2D eigenvalue weighted by atomic mass is 9.95. The first kappa shape index (κ1) is 19.8. The standard InChI is InChI=1S/C22H21FN4O3/c23-16-8-6-15(7-9-16)20-14-21(22(28)24-17-4-2-1-3-5-17)26(25-20)18-10-12-19(13-11-18)27(29)30/h6-14,17H,1-5H2,(H,24,28). The van der Waals surface area contributed by atoms with Crippen molar-refractivity contribution in [1.82, 2.24) is 15.1 Å². The van der Waals surface area contributed by atoms with Crippen LogP contribution in [0.1, 0.15) is 42.6 Å². The van der Waals surface area contributed by atoms with E-state index in [2.05, 4.69) is 10.4 Å². The minimum Gasteiger partial charge on any atom is -0.348 e. The fourth-order valence-corrected chi connectivity index (χ4v) is 3.72. The predicted molar refractivity (Wildman–Crippen MR) is 110 cm³/mol. The van der Waals surface area contributed by atoms with E-state index in [1.165, 1.54) is 35.4 Å². The van der Waals surface area contributed by atoms with E-state index in [0.717, 1.165) is 25.7 Å². The zero-order chi connectivity index (χ0) is 21.1. The molecule has 3 aromatic rings. The summed E-state index contributed by atoms with van der Waals surface area (Å²) in [6, 6.07) is 13.5. The molecule has 0 atom stereocenters. The second-order valence-electron chi connectivity index (χ2n) is 7.42. The Labute approximate surface area is 172 Å². The number of amides is 1. The van der Waals surface area contributed by atoms with E-state index in [4.69, 9.17) is 0 Å². The number of halogens is 1. The van der Waals surface area contributed by atoms with Crippen LogP contribution in [0, 0.1) is 15.9 Å². The average molecular weight is 408 g/mol. The first-order chi connectivity index (χ1) is 14.5. The average Bonchev–Trinajstić information content (AvgIpc) is 3.21. The third-order valence-electron chi connectivity index (χ3n) is 5.33. The van der Waals surface area contributed by atoms with Gasteiger partial charge in [-0.3, -0.25) is 14.9 Å². The van der Waals surface area contributed by atoms with Crippen LogP contribution in [0.3, 0.4) is 0 Å². The number of nitro groups is 1. The maximum Gasteiger partial charge on any atom is 0.270 e. The molecule has 0 bridgehead atoms. The summed E-state index contributed by atoms with van der Waals surface area (Å²) in [5.41, 5.74) is 2.00. The summed E-state index contributed by atoms with van der Waals surface area (Å²) in [4.78, 5) is 23.5. The molecule has 1 aliphatic rings. The zero-order valence-corrected chi connectivity index (χ0v) is 16.3. The Morgan fingerprint density at radius 3 is 2.37 bits per heavy atom. The number of nitrogens with one attached hydrogen (secondary N) is 1. The van der Waals surface area contributed by atoms with E-state index < -0.39 is 4.92 Å². The highest BCUT2D eigenvalue weighted by Gasteiger charge is 2.22. The summed E-state index contributed by atoms with van der Waals surface area (Å²) in [5.74, 6) is -0.607. The molecule has 7 nitrogen and oxygen atoms in total. The molecule has 0 saturated heterocycles. The number of benzene rings is 2. The van der Waals surface area contributed by atoms with Crippen molar-refractivity contribution >= 4 is 11.6 Å². The van der Waals surface area contributed by atoms with Crippen molar-refractivity contribution in [2.45, 2.75) is 38.1 Å². The number of rotatable bonds is 5. The van der Waals surface area contributed by atoms with Gasteiger partial charge in [0.15, 0.2) is 0 Å². The van der Waals surface area contributed by atoms with Gasteiger partial charge in [-0.05, 0) is 55.3 Å². The van der Waals surface area contributed by atoms with Crippen LogP contribution in [-0.4, -0.2) is 26.7 Å². The molecule has 2 aromatic carbocycles. The Balaban J connectivity index is 1.71. The molecule has 1 aromatic heterocycles. The monoisotopic (exact) mass is 408 g/mol. The number of hydrogen-bond donors (Lipinski definition) is 1. The van der Waals surface area contributed by atoms with Gasteiger partial charge in [0, 0.05) is 23.7 Å². The minimum atomic E-state index is -0.479. The van der Waals surface area contributed by atoms with Gasteiger partial charge in [0.25, 0.3) is 11.6 Å². The van der Waals surface area contributed by atoms with Gasteiger partial charge in [0.2, 0.25) is 0 Å². The fraction of sp³-hybridized carbons (Fsp3) is 0.273. The fourth-order valence-electron chi connectivity index (χ4n) is 3.72. The molecule has 1 fully saturated rings. The van der Waals surface area contributed by atoms with Crippen LogP contribution >= 0.6 is 0 Å². The van der Waals surface area contributed by atoms with E-state index in [1.807, 2.05) is 0 Å². The number of carbonyl (C=O) groups is 1. The number of hydrogen-bond acceptors (Lipinski definition) is 4. The Morgan fingerprint density at radius 2 is 1.73 bits per heavy atom. The summed E-state index contributed by atoms with van der Waals surface area (Å²) < 4.78 is 14.8. The normalized spacial score (nSPS) is 14.4. The molecule has 1 saturated carbocycles. The number of aromatic nitrogens is 2. The topological polar surface area (TPSA) is 90.1 Å². The molecule has 0 aliphatic heterocycles. The van der Waals surface area contributed by atoms with Crippen LogP contribution in [0.15, 0.2) is 54.6 Å². The molecule has 154 valence electrons. The highest BCUT2D eigenvalue weighted by Crippen LogP contribution is 2.24. The maximum absolute atomic E-state index is 13.3. The molecule has 0 spiro atoms. The SMILES string of the molecule is O=C(NC1CCCCC1)c1cc(-c2ccc(F)cc2)nn1-c1ccc([N+](=O)[O-])cc1. The Morgan fingerprint density at radius 1 is 1.07 bits per heavy atom. The summed E-state index contributed by atoms with van der Waals surface area (Å²) >= 11 is 0. The van der Waals surface area contributed by atoms with Crippen molar-refractivity contribution < 1.29 is 14.1 Å². The van der Waals surface area contributed by atoms with Crippen molar-refractivity contribution in [3.8, 4) is 16.9 Å². The van der Waals surface area contributed by atoms with Crippen LogP contribution in [0.4, 0.5) is 10.1 Å². The van der Waals surface area contributed by atoms with E-state index in [1.54, 1.807) is 30.3 Å². The van der Waals surface area contributed by atoms with Gasteiger partial charge in [-0.2, -0.15) is 5.10 Å². The van der Waals surface area contributed by atoms with Crippen molar-refractivity contribution in [2.75, 3.05) is 0 Å². The van der Waals surface area contributed by atoms with E-state index in [0.29, 0.717) is 22.6 Å². The van der Waals surface area contributed by atoms with Crippen LogP contribution in [0.5, 0.6) is 0 Å².